The lowest BCUT2D eigenvalue weighted by Gasteiger charge is -2.40. The van der Waals surface area contributed by atoms with Crippen molar-refractivity contribution in [2.45, 2.75) is 56.8 Å². The van der Waals surface area contributed by atoms with E-state index in [1.54, 1.807) is 12.4 Å². The molecule has 0 spiro atoms. The Morgan fingerprint density at radius 3 is 2.74 bits per heavy atom. The normalized spacial score (nSPS) is 27.9. The average Bonchev–Trinajstić information content (AvgIpc) is 3.46. The Hall–Kier alpha value is -2.75. The van der Waals surface area contributed by atoms with Gasteiger partial charge >= 0.3 is 0 Å². The molecule has 10 heteroatoms. The first-order chi connectivity index (χ1) is 15.0. The van der Waals surface area contributed by atoms with Gasteiger partial charge in [-0.25, -0.2) is 18.3 Å². The number of rotatable bonds is 3. The predicted octanol–water partition coefficient (Wildman–Crippen LogP) is 3.11. The fraction of sp³-hybridized carbons (Fsp3) is 0.571. The number of hydrogen-bond acceptors (Lipinski definition) is 6. The van der Waals surface area contributed by atoms with Crippen LogP contribution in [0.25, 0.3) is 17.0 Å². The van der Waals surface area contributed by atoms with Crippen molar-refractivity contribution in [1.82, 2.24) is 24.8 Å². The van der Waals surface area contributed by atoms with E-state index in [-0.39, 0.29) is 31.1 Å². The number of morpholine rings is 1. The number of ether oxygens (including phenoxy) is 1. The van der Waals surface area contributed by atoms with E-state index in [1.165, 1.54) is 0 Å². The topological polar surface area (TPSA) is 74.6 Å². The number of nitrogens with one attached hydrogen (secondary N) is 1. The summed E-state index contributed by atoms with van der Waals surface area (Å²) in [5, 5.41) is 11.9. The summed E-state index contributed by atoms with van der Waals surface area (Å²) in [5.41, 5.74) is 2.46. The molecule has 0 aliphatic carbocycles. The molecule has 3 atom stereocenters. The second-order valence-corrected chi connectivity index (χ2v) is 8.95. The van der Waals surface area contributed by atoms with Crippen molar-refractivity contribution in [3.8, 4) is 11.5 Å². The first-order valence-electron chi connectivity index (χ1n) is 10.9. The Balaban J connectivity index is 1.47. The van der Waals surface area contributed by atoms with Crippen molar-refractivity contribution in [3.05, 3.63) is 24.5 Å². The summed E-state index contributed by atoms with van der Waals surface area (Å²) in [6.07, 6.45) is 5.73. The molecule has 0 radical (unpaired) electrons. The van der Waals surface area contributed by atoms with Gasteiger partial charge in [0.05, 0.1) is 24.1 Å². The van der Waals surface area contributed by atoms with E-state index in [4.69, 9.17) is 9.84 Å². The number of halogens is 2. The van der Waals surface area contributed by atoms with Crippen LogP contribution < -0.4 is 9.80 Å². The van der Waals surface area contributed by atoms with Gasteiger partial charge in [0, 0.05) is 50.8 Å². The van der Waals surface area contributed by atoms with E-state index >= 15 is 0 Å². The number of nitrogens with zero attached hydrogens (tertiary/aromatic N) is 6. The lowest BCUT2D eigenvalue weighted by molar-refractivity contribution is -0.0318. The minimum Gasteiger partial charge on any atom is -0.371 e. The molecular formula is C21H25F2N7O. The zero-order chi connectivity index (χ0) is 21.2. The van der Waals surface area contributed by atoms with Gasteiger partial charge in [-0.05, 0) is 25.8 Å². The lowest BCUT2D eigenvalue weighted by atomic mass is 9.99. The standard InChI is InChI=1S/C21H25F2N7O/c1-13-9-21(22,23)5-7-29(13)17-8-19(28-11-14-2-3-15(12-28)31-14)27-30-18(17)10-24-20(30)16-4-6-25-26-16/h4,6,8,10,13-15H,2-3,5,7,9,11-12H2,1H3,(H,25,26)/t13-,14?,15?/m1/s1. The van der Waals surface area contributed by atoms with Crippen molar-refractivity contribution in [2.24, 2.45) is 0 Å². The smallest absolute Gasteiger partial charge is 0.251 e. The van der Waals surface area contributed by atoms with Crippen LogP contribution in [0.2, 0.25) is 0 Å². The van der Waals surface area contributed by atoms with Crippen LogP contribution in [0.3, 0.4) is 0 Å². The molecule has 8 nitrogen and oxygen atoms in total. The number of piperidine rings is 1. The minimum atomic E-state index is -2.62. The fourth-order valence-corrected chi connectivity index (χ4v) is 5.21. The fourth-order valence-electron chi connectivity index (χ4n) is 5.21. The van der Waals surface area contributed by atoms with Crippen LogP contribution in [0.5, 0.6) is 0 Å². The van der Waals surface area contributed by atoms with E-state index in [0.717, 1.165) is 48.6 Å². The molecular weight excluding hydrogens is 404 g/mol. The monoisotopic (exact) mass is 429 g/mol. The SMILES string of the molecule is C[C@@H]1CC(F)(F)CCN1c1cc(N2CC3CCC(C2)O3)nn2c(-c3ccn[nH]3)ncc12. The summed E-state index contributed by atoms with van der Waals surface area (Å²) in [6.45, 7) is 3.74. The van der Waals surface area contributed by atoms with Gasteiger partial charge in [-0.2, -0.15) is 5.10 Å². The molecule has 164 valence electrons. The third kappa shape index (κ3) is 3.24. The van der Waals surface area contributed by atoms with Gasteiger partial charge in [0.25, 0.3) is 5.92 Å². The maximum absolute atomic E-state index is 14.0. The van der Waals surface area contributed by atoms with Gasteiger partial charge in [-0.1, -0.05) is 0 Å². The van der Waals surface area contributed by atoms with Gasteiger partial charge in [0.2, 0.25) is 0 Å². The summed E-state index contributed by atoms with van der Waals surface area (Å²) < 4.78 is 35.9. The number of fused-ring (bicyclic) bond motifs is 3. The van der Waals surface area contributed by atoms with Gasteiger partial charge in [-0.15, -0.1) is 5.10 Å². The van der Waals surface area contributed by atoms with Gasteiger partial charge < -0.3 is 14.5 Å². The molecule has 0 saturated carbocycles. The average molecular weight is 429 g/mol. The summed E-state index contributed by atoms with van der Waals surface area (Å²) in [4.78, 5) is 8.92. The van der Waals surface area contributed by atoms with Crippen LogP contribution >= 0.6 is 0 Å². The highest BCUT2D eigenvalue weighted by Gasteiger charge is 2.40. The number of anilines is 2. The molecule has 6 rings (SSSR count). The van der Waals surface area contributed by atoms with Gasteiger partial charge in [-0.3, -0.25) is 5.10 Å². The molecule has 1 N–H and O–H groups in total. The summed E-state index contributed by atoms with van der Waals surface area (Å²) in [6, 6.07) is 3.61. The maximum Gasteiger partial charge on any atom is 0.251 e. The van der Waals surface area contributed by atoms with Crippen LogP contribution in [0, 0.1) is 0 Å². The Kier molecular flexibility index (Phi) is 4.21. The van der Waals surface area contributed by atoms with E-state index in [2.05, 4.69) is 25.0 Å². The van der Waals surface area contributed by atoms with Gasteiger partial charge in [0.15, 0.2) is 11.6 Å². The van der Waals surface area contributed by atoms with Crippen molar-refractivity contribution in [1.29, 1.82) is 0 Å². The highest BCUT2D eigenvalue weighted by atomic mass is 19.3. The molecule has 3 aliphatic rings. The molecule has 3 aliphatic heterocycles. The summed E-state index contributed by atoms with van der Waals surface area (Å²) in [7, 11) is 0. The molecule has 6 heterocycles. The summed E-state index contributed by atoms with van der Waals surface area (Å²) >= 11 is 0. The number of hydrogen-bond donors (Lipinski definition) is 1. The zero-order valence-electron chi connectivity index (χ0n) is 17.3. The molecule has 0 amide bonds. The second-order valence-electron chi connectivity index (χ2n) is 8.95. The molecule has 2 bridgehead atoms. The third-order valence-corrected chi connectivity index (χ3v) is 6.73. The predicted molar refractivity (Wildman–Crippen MR) is 112 cm³/mol. The summed E-state index contributed by atoms with van der Waals surface area (Å²) in [5.74, 6) is -1.14. The first kappa shape index (κ1) is 19.0. The highest BCUT2D eigenvalue weighted by molar-refractivity contribution is 5.78. The Bertz CT molecular complexity index is 1090. The number of alkyl halides is 2. The minimum absolute atomic E-state index is 0.148. The third-order valence-electron chi connectivity index (χ3n) is 6.73. The first-order valence-corrected chi connectivity index (χ1v) is 10.9. The maximum atomic E-state index is 14.0. The molecule has 3 saturated heterocycles. The van der Waals surface area contributed by atoms with E-state index in [9.17, 15) is 8.78 Å². The molecule has 3 aromatic rings. The molecule has 31 heavy (non-hydrogen) atoms. The van der Waals surface area contributed by atoms with Crippen LogP contribution in [0.4, 0.5) is 20.3 Å². The van der Waals surface area contributed by atoms with E-state index in [0.29, 0.717) is 12.4 Å². The number of aromatic amines is 1. The number of aromatic nitrogens is 5. The highest BCUT2D eigenvalue weighted by Crippen LogP contribution is 2.38. The van der Waals surface area contributed by atoms with Crippen LogP contribution in [0.15, 0.2) is 24.5 Å². The van der Waals surface area contributed by atoms with Crippen molar-refractivity contribution >= 4 is 17.0 Å². The quantitative estimate of drug-likeness (QED) is 0.690. The number of H-pyrrole nitrogens is 1. The Morgan fingerprint density at radius 1 is 1.23 bits per heavy atom. The Labute approximate surface area is 178 Å². The van der Waals surface area contributed by atoms with Crippen LogP contribution in [-0.2, 0) is 4.74 Å². The van der Waals surface area contributed by atoms with Crippen molar-refractivity contribution in [2.75, 3.05) is 29.4 Å². The lowest BCUT2D eigenvalue weighted by Crippen LogP contribution is -2.46. The largest absolute Gasteiger partial charge is 0.371 e. The van der Waals surface area contributed by atoms with Crippen LogP contribution in [0.1, 0.15) is 32.6 Å². The van der Waals surface area contributed by atoms with E-state index in [1.807, 2.05) is 23.6 Å². The Morgan fingerprint density at radius 2 is 2.03 bits per heavy atom. The van der Waals surface area contributed by atoms with E-state index < -0.39 is 5.92 Å². The second kappa shape index (κ2) is 6.88. The molecule has 2 unspecified atom stereocenters. The van der Waals surface area contributed by atoms with Crippen molar-refractivity contribution in [3.63, 3.8) is 0 Å². The number of imidazole rings is 1. The molecule has 3 aromatic heterocycles. The van der Waals surface area contributed by atoms with Crippen molar-refractivity contribution < 1.29 is 13.5 Å². The molecule has 0 aromatic carbocycles. The zero-order valence-corrected chi connectivity index (χ0v) is 17.3. The molecule has 3 fully saturated rings. The van der Waals surface area contributed by atoms with Gasteiger partial charge in [0.1, 0.15) is 11.2 Å². The van der Waals surface area contributed by atoms with Crippen LogP contribution in [-0.4, -0.2) is 68.6 Å².